The van der Waals surface area contributed by atoms with Crippen LogP contribution in [0, 0.1) is 5.92 Å². The highest BCUT2D eigenvalue weighted by molar-refractivity contribution is 7.21. The lowest BCUT2D eigenvalue weighted by Crippen LogP contribution is -2.12. The van der Waals surface area contributed by atoms with Crippen molar-refractivity contribution in [3.63, 3.8) is 0 Å². The van der Waals surface area contributed by atoms with Gasteiger partial charge in [0.25, 0.3) is 0 Å². The molecule has 1 aliphatic rings. The zero-order chi connectivity index (χ0) is 12.9. The highest BCUT2D eigenvalue weighted by Gasteiger charge is 2.20. The maximum Gasteiger partial charge on any atom is 0.171 e. The van der Waals surface area contributed by atoms with Crippen LogP contribution in [0.1, 0.15) is 41.2 Å². The maximum atomic E-state index is 11.5. The summed E-state index contributed by atoms with van der Waals surface area (Å²) in [6.07, 6.45) is 3.31. The minimum absolute atomic E-state index is 0.0295. The van der Waals surface area contributed by atoms with Crippen LogP contribution in [-0.4, -0.2) is 10.8 Å². The average molecular weight is 260 g/mol. The van der Waals surface area contributed by atoms with Gasteiger partial charge in [0.1, 0.15) is 4.83 Å². The quantitative estimate of drug-likeness (QED) is 0.801. The van der Waals surface area contributed by atoms with Crippen molar-refractivity contribution in [2.24, 2.45) is 5.92 Å². The second-order valence-corrected chi connectivity index (χ2v) is 6.19. The molecule has 1 aliphatic carbocycles. The van der Waals surface area contributed by atoms with Gasteiger partial charge in [-0.2, -0.15) is 0 Å². The molecule has 3 rings (SSSR count). The van der Waals surface area contributed by atoms with Gasteiger partial charge in [-0.15, -0.1) is 11.3 Å². The Morgan fingerprint density at radius 3 is 3.06 bits per heavy atom. The molecule has 0 saturated carbocycles. The van der Waals surface area contributed by atoms with Gasteiger partial charge in [-0.05, 0) is 36.8 Å². The molecule has 2 aromatic rings. The summed E-state index contributed by atoms with van der Waals surface area (Å²) < 4.78 is 0. The number of pyridine rings is 1. The number of ketones is 1. The molecule has 0 aliphatic heterocycles. The van der Waals surface area contributed by atoms with E-state index >= 15 is 0 Å². The maximum absolute atomic E-state index is 11.5. The Morgan fingerprint density at radius 2 is 2.33 bits per heavy atom. The number of nitrogens with zero attached hydrogens (tertiary/aromatic N) is 1. The molecule has 1 unspecified atom stereocenters. The highest BCUT2D eigenvalue weighted by atomic mass is 32.1. The van der Waals surface area contributed by atoms with Gasteiger partial charge in [0.05, 0.1) is 10.6 Å². The fourth-order valence-corrected chi connectivity index (χ4v) is 3.63. The Hall–Kier alpha value is -1.42. The molecule has 18 heavy (non-hydrogen) atoms. The molecule has 2 aromatic heterocycles. The molecule has 0 aromatic carbocycles. The van der Waals surface area contributed by atoms with Crippen LogP contribution in [0.25, 0.3) is 10.2 Å². The summed E-state index contributed by atoms with van der Waals surface area (Å²) in [5, 5.41) is 0.957. The van der Waals surface area contributed by atoms with Crippen LogP contribution in [0.2, 0.25) is 0 Å². The first-order valence-electron chi connectivity index (χ1n) is 6.28. The number of fused-ring (bicyclic) bond motifs is 2. The van der Waals surface area contributed by atoms with Crippen LogP contribution < -0.4 is 5.73 Å². The molecule has 1 atom stereocenters. The molecule has 2 N–H and O–H groups in total. The van der Waals surface area contributed by atoms with Crippen molar-refractivity contribution in [1.29, 1.82) is 0 Å². The first kappa shape index (κ1) is 11.7. The molecule has 0 spiro atoms. The zero-order valence-corrected chi connectivity index (χ0v) is 11.4. The van der Waals surface area contributed by atoms with Crippen molar-refractivity contribution in [2.45, 2.75) is 33.1 Å². The Labute approximate surface area is 110 Å². The Bertz CT molecular complexity index is 645. The van der Waals surface area contributed by atoms with Crippen LogP contribution in [0.4, 0.5) is 5.69 Å². The van der Waals surface area contributed by atoms with Crippen molar-refractivity contribution < 1.29 is 4.79 Å². The number of thiophene rings is 1. The van der Waals surface area contributed by atoms with Gasteiger partial charge in [-0.3, -0.25) is 4.79 Å². The van der Waals surface area contributed by atoms with Gasteiger partial charge in [0, 0.05) is 18.0 Å². The lowest BCUT2D eigenvalue weighted by Gasteiger charge is -2.20. The third kappa shape index (κ3) is 1.72. The molecule has 4 heteroatoms. The standard InChI is InChI=1S/C14H16N2OS/c1-7-3-4-11-9(5-7)6-10-12(15)13(8(2)17)18-14(10)16-11/h6-7H,3-5,15H2,1-2H3. The van der Waals surface area contributed by atoms with Gasteiger partial charge in [-0.25, -0.2) is 4.98 Å². The van der Waals surface area contributed by atoms with Crippen LogP contribution >= 0.6 is 11.3 Å². The van der Waals surface area contributed by atoms with E-state index in [1.165, 1.54) is 29.0 Å². The SMILES string of the molecule is CC(=O)c1sc2nc3c(cc2c1N)CC(C)CC3. The topological polar surface area (TPSA) is 56.0 Å². The van der Waals surface area contributed by atoms with Gasteiger partial charge in [0.15, 0.2) is 5.78 Å². The lowest BCUT2D eigenvalue weighted by atomic mass is 9.87. The minimum Gasteiger partial charge on any atom is -0.397 e. The largest absolute Gasteiger partial charge is 0.397 e. The van der Waals surface area contributed by atoms with E-state index in [1.54, 1.807) is 6.92 Å². The zero-order valence-electron chi connectivity index (χ0n) is 10.6. The van der Waals surface area contributed by atoms with E-state index in [9.17, 15) is 4.79 Å². The van der Waals surface area contributed by atoms with Gasteiger partial charge < -0.3 is 5.73 Å². The second-order valence-electron chi connectivity index (χ2n) is 5.20. The molecule has 0 amide bonds. The van der Waals surface area contributed by atoms with Crippen molar-refractivity contribution in [3.8, 4) is 0 Å². The summed E-state index contributed by atoms with van der Waals surface area (Å²) in [5.74, 6) is 0.741. The van der Waals surface area contributed by atoms with E-state index in [4.69, 9.17) is 10.7 Å². The monoisotopic (exact) mass is 260 g/mol. The van der Waals surface area contributed by atoms with E-state index in [1.807, 2.05) is 0 Å². The fourth-order valence-electron chi connectivity index (χ4n) is 2.63. The molecule has 0 fully saturated rings. The molecule has 0 radical (unpaired) electrons. The number of aromatic nitrogens is 1. The van der Waals surface area contributed by atoms with E-state index in [-0.39, 0.29) is 5.78 Å². The van der Waals surface area contributed by atoms with E-state index in [0.29, 0.717) is 16.5 Å². The minimum atomic E-state index is 0.0295. The summed E-state index contributed by atoms with van der Waals surface area (Å²) in [6, 6.07) is 2.14. The molecular formula is C14H16N2OS. The van der Waals surface area contributed by atoms with Crippen LogP contribution in [0.3, 0.4) is 0 Å². The summed E-state index contributed by atoms with van der Waals surface area (Å²) in [4.78, 5) is 17.8. The lowest BCUT2D eigenvalue weighted by molar-refractivity contribution is 0.102. The smallest absolute Gasteiger partial charge is 0.171 e. The highest BCUT2D eigenvalue weighted by Crippen LogP contribution is 2.36. The van der Waals surface area contributed by atoms with Gasteiger partial charge >= 0.3 is 0 Å². The number of nitrogens with two attached hydrogens (primary N) is 1. The number of carbonyl (C=O) groups excluding carboxylic acids is 1. The van der Waals surface area contributed by atoms with E-state index in [0.717, 1.165) is 23.1 Å². The number of rotatable bonds is 1. The number of aryl methyl sites for hydroxylation is 1. The predicted octanol–water partition coefficient (Wildman–Crippen LogP) is 3.21. The first-order chi connectivity index (χ1) is 8.56. The predicted molar refractivity (Wildman–Crippen MR) is 75.2 cm³/mol. The Balaban J connectivity index is 2.22. The van der Waals surface area contributed by atoms with E-state index in [2.05, 4.69) is 13.0 Å². The summed E-state index contributed by atoms with van der Waals surface area (Å²) in [7, 11) is 0. The van der Waals surface area contributed by atoms with Crippen molar-refractivity contribution in [1.82, 2.24) is 4.98 Å². The average Bonchev–Trinajstić information content (AvgIpc) is 2.64. The third-order valence-electron chi connectivity index (χ3n) is 3.65. The fraction of sp³-hybridized carbons (Fsp3) is 0.429. The molecule has 0 saturated heterocycles. The first-order valence-corrected chi connectivity index (χ1v) is 7.09. The van der Waals surface area contributed by atoms with Crippen LogP contribution in [0.5, 0.6) is 0 Å². The molecular weight excluding hydrogens is 244 g/mol. The van der Waals surface area contributed by atoms with Gasteiger partial charge in [0.2, 0.25) is 0 Å². The van der Waals surface area contributed by atoms with Crippen molar-refractivity contribution in [2.75, 3.05) is 5.73 Å². The summed E-state index contributed by atoms with van der Waals surface area (Å²) in [5.41, 5.74) is 9.16. The van der Waals surface area contributed by atoms with E-state index < -0.39 is 0 Å². The van der Waals surface area contributed by atoms with Gasteiger partial charge in [-0.1, -0.05) is 6.92 Å². The number of Topliss-reactive ketones (excluding diaryl/α,β-unsaturated/α-hetero) is 1. The van der Waals surface area contributed by atoms with Crippen molar-refractivity contribution >= 4 is 33.0 Å². The molecule has 0 bridgehead atoms. The number of anilines is 1. The number of carbonyl (C=O) groups is 1. The number of nitrogen functional groups attached to an aromatic ring is 1. The third-order valence-corrected chi connectivity index (χ3v) is 4.87. The molecule has 2 heterocycles. The van der Waals surface area contributed by atoms with Crippen LogP contribution in [-0.2, 0) is 12.8 Å². The van der Waals surface area contributed by atoms with Crippen LogP contribution in [0.15, 0.2) is 6.07 Å². The Kier molecular flexibility index (Phi) is 2.63. The number of hydrogen-bond acceptors (Lipinski definition) is 4. The Morgan fingerprint density at radius 1 is 1.56 bits per heavy atom. The number of hydrogen-bond donors (Lipinski definition) is 1. The molecule has 3 nitrogen and oxygen atoms in total. The molecule has 94 valence electrons. The summed E-state index contributed by atoms with van der Waals surface area (Å²) >= 11 is 1.42. The van der Waals surface area contributed by atoms with Crippen molar-refractivity contribution in [3.05, 3.63) is 22.2 Å². The normalized spacial score (nSPS) is 18.9. The second kappa shape index (κ2) is 4.05. The summed E-state index contributed by atoms with van der Waals surface area (Å²) in [6.45, 7) is 3.83.